The lowest BCUT2D eigenvalue weighted by Crippen LogP contribution is -2.42. The Bertz CT molecular complexity index is 596. The first-order valence-corrected chi connectivity index (χ1v) is 9.34. The first kappa shape index (κ1) is 21.5. The molecule has 0 unspecified atom stereocenters. The summed E-state index contributed by atoms with van der Waals surface area (Å²) in [6, 6.07) is 6.69. The molecule has 4 nitrogen and oxygen atoms in total. The number of aliphatic imine (C=N–C) groups is 1. The molecule has 0 saturated carbocycles. The molecule has 1 heterocycles. The highest BCUT2D eigenvalue weighted by Crippen LogP contribution is 2.23. The summed E-state index contributed by atoms with van der Waals surface area (Å²) in [5, 5.41) is 6.37. The summed E-state index contributed by atoms with van der Waals surface area (Å²) in [4.78, 5) is 5.62. The van der Waals surface area contributed by atoms with Crippen molar-refractivity contribution >= 4 is 5.96 Å². The molecule has 1 saturated heterocycles. The molecule has 0 amide bonds. The molecule has 1 aliphatic heterocycles. The van der Waals surface area contributed by atoms with Crippen molar-refractivity contribution in [1.29, 1.82) is 0 Å². The number of hydrogen-bond acceptors (Lipinski definition) is 2. The van der Waals surface area contributed by atoms with Crippen molar-refractivity contribution in [1.82, 2.24) is 15.5 Å². The average Bonchev–Trinajstić information content (AvgIpc) is 2.62. The Balaban J connectivity index is 1.61. The first-order valence-electron chi connectivity index (χ1n) is 9.34. The zero-order chi connectivity index (χ0) is 19.7. The lowest BCUT2D eigenvalue weighted by Gasteiger charge is -2.32. The van der Waals surface area contributed by atoms with E-state index in [9.17, 15) is 17.6 Å². The van der Waals surface area contributed by atoms with Gasteiger partial charge < -0.3 is 10.6 Å². The van der Waals surface area contributed by atoms with Crippen molar-refractivity contribution < 1.29 is 17.6 Å². The molecule has 0 aromatic heterocycles. The van der Waals surface area contributed by atoms with E-state index in [-0.39, 0.29) is 5.82 Å². The number of guanidine groups is 1. The number of nitrogens with zero attached hydrogens (tertiary/aromatic N) is 2. The number of nitrogens with one attached hydrogen (secondary N) is 2. The summed E-state index contributed by atoms with van der Waals surface area (Å²) in [7, 11) is 1.67. The summed E-state index contributed by atoms with van der Waals surface area (Å²) < 4.78 is 50.8. The smallest absolute Gasteiger partial charge is 0.356 e. The van der Waals surface area contributed by atoms with Crippen LogP contribution in [0.15, 0.2) is 29.3 Å². The van der Waals surface area contributed by atoms with E-state index in [1.165, 1.54) is 11.0 Å². The van der Waals surface area contributed by atoms with Crippen LogP contribution in [0, 0.1) is 11.7 Å². The molecule has 0 bridgehead atoms. The predicted molar refractivity (Wildman–Crippen MR) is 99.3 cm³/mol. The molecule has 1 aromatic carbocycles. The van der Waals surface area contributed by atoms with Gasteiger partial charge in [0.25, 0.3) is 0 Å². The minimum Gasteiger partial charge on any atom is -0.356 e. The molecular formula is C19H28F4N4. The van der Waals surface area contributed by atoms with E-state index in [2.05, 4.69) is 15.6 Å². The Kier molecular flexibility index (Phi) is 8.34. The van der Waals surface area contributed by atoms with Crippen LogP contribution in [0.4, 0.5) is 17.6 Å². The average molecular weight is 388 g/mol. The van der Waals surface area contributed by atoms with Gasteiger partial charge in [-0.1, -0.05) is 18.2 Å². The van der Waals surface area contributed by atoms with Gasteiger partial charge in [-0.15, -0.1) is 0 Å². The van der Waals surface area contributed by atoms with Crippen molar-refractivity contribution in [2.24, 2.45) is 10.9 Å². The second kappa shape index (κ2) is 10.5. The van der Waals surface area contributed by atoms with Crippen LogP contribution < -0.4 is 10.6 Å². The highest BCUT2D eigenvalue weighted by molar-refractivity contribution is 5.79. The molecule has 0 spiro atoms. The van der Waals surface area contributed by atoms with E-state index in [1.54, 1.807) is 19.2 Å². The summed E-state index contributed by atoms with van der Waals surface area (Å²) in [6.07, 6.45) is -1.08. The zero-order valence-electron chi connectivity index (χ0n) is 15.7. The highest BCUT2D eigenvalue weighted by atomic mass is 19.4. The van der Waals surface area contributed by atoms with Crippen molar-refractivity contribution in [3.63, 3.8) is 0 Å². The second-order valence-electron chi connectivity index (χ2n) is 6.89. The molecule has 2 rings (SSSR count). The van der Waals surface area contributed by atoms with Gasteiger partial charge in [-0.05, 0) is 56.3 Å². The summed E-state index contributed by atoms with van der Waals surface area (Å²) >= 11 is 0. The van der Waals surface area contributed by atoms with Crippen molar-refractivity contribution in [3.05, 3.63) is 35.6 Å². The van der Waals surface area contributed by atoms with E-state index in [1.807, 2.05) is 6.07 Å². The van der Waals surface area contributed by atoms with E-state index in [0.717, 1.165) is 19.3 Å². The molecule has 1 fully saturated rings. The summed E-state index contributed by atoms with van der Waals surface area (Å²) in [5.74, 6) is 0.874. The van der Waals surface area contributed by atoms with Gasteiger partial charge in [0.05, 0.1) is 6.54 Å². The van der Waals surface area contributed by atoms with Gasteiger partial charge in [0.2, 0.25) is 0 Å². The number of alkyl halides is 3. The standard InChI is InChI=1S/C19H28F4N4/c1-24-18(26-11-7-16-4-2-3-5-17(16)20)25-10-6-15-8-12-27(13-9-15)14-19(21,22)23/h2-5,15H,6-14H2,1H3,(H2,24,25,26). The lowest BCUT2D eigenvalue weighted by atomic mass is 9.93. The van der Waals surface area contributed by atoms with Crippen LogP contribution in [0.1, 0.15) is 24.8 Å². The number of rotatable bonds is 7. The van der Waals surface area contributed by atoms with Gasteiger partial charge in [0, 0.05) is 20.1 Å². The normalized spacial score (nSPS) is 17.1. The van der Waals surface area contributed by atoms with Gasteiger partial charge in [-0.25, -0.2) is 4.39 Å². The molecule has 0 atom stereocenters. The maximum Gasteiger partial charge on any atom is 0.401 e. The molecule has 1 aliphatic rings. The van der Waals surface area contributed by atoms with Gasteiger partial charge in [-0.2, -0.15) is 13.2 Å². The fourth-order valence-corrected chi connectivity index (χ4v) is 3.32. The van der Waals surface area contributed by atoms with Gasteiger partial charge in [0.1, 0.15) is 5.82 Å². The fraction of sp³-hybridized carbons (Fsp3) is 0.632. The minimum absolute atomic E-state index is 0.209. The van der Waals surface area contributed by atoms with Crippen LogP contribution in [0.3, 0.4) is 0 Å². The summed E-state index contributed by atoms with van der Waals surface area (Å²) in [5.41, 5.74) is 0.658. The molecule has 0 aliphatic carbocycles. The minimum atomic E-state index is -4.12. The molecule has 152 valence electrons. The maximum absolute atomic E-state index is 13.6. The third kappa shape index (κ3) is 8.15. The van der Waals surface area contributed by atoms with Crippen LogP contribution in [0.5, 0.6) is 0 Å². The largest absolute Gasteiger partial charge is 0.401 e. The quantitative estimate of drug-likeness (QED) is 0.428. The van der Waals surface area contributed by atoms with Crippen LogP contribution in [0.2, 0.25) is 0 Å². The van der Waals surface area contributed by atoms with Crippen molar-refractivity contribution in [3.8, 4) is 0 Å². The van der Waals surface area contributed by atoms with E-state index in [0.29, 0.717) is 50.0 Å². The number of benzene rings is 1. The molecule has 27 heavy (non-hydrogen) atoms. The highest BCUT2D eigenvalue weighted by Gasteiger charge is 2.32. The van der Waals surface area contributed by atoms with Crippen LogP contribution >= 0.6 is 0 Å². The Labute approximate surface area is 158 Å². The third-order valence-electron chi connectivity index (χ3n) is 4.82. The van der Waals surface area contributed by atoms with Gasteiger partial charge in [-0.3, -0.25) is 9.89 Å². The number of piperidine rings is 1. The lowest BCUT2D eigenvalue weighted by molar-refractivity contribution is -0.148. The Hall–Kier alpha value is -1.83. The number of hydrogen-bond donors (Lipinski definition) is 2. The molecular weight excluding hydrogens is 360 g/mol. The van der Waals surface area contributed by atoms with Crippen molar-refractivity contribution in [2.75, 3.05) is 39.8 Å². The van der Waals surface area contributed by atoms with Gasteiger partial charge in [0.15, 0.2) is 5.96 Å². The monoisotopic (exact) mass is 388 g/mol. The maximum atomic E-state index is 13.6. The van der Waals surface area contributed by atoms with Crippen LogP contribution in [-0.2, 0) is 6.42 Å². The van der Waals surface area contributed by atoms with Crippen molar-refractivity contribution in [2.45, 2.75) is 31.9 Å². The molecule has 1 aromatic rings. The Morgan fingerprint density at radius 3 is 2.44 bits per heavy atom. The third-order valence-corrected chi connectivity index (χ3v) is 4.82. The topological polar surface area (TPSA) is 39.7 Å². The first-order chi connectivity index (χ1) is 12.9. The summed E-state index contributed by atoms with van der Waals surface area (Å²) in [6.45, 7) is 1.47. The molecule has 8 heteroatoms. The fourth-order valence-electron chi connectivity index (χ4n) is 3.32. The molecule has 0 radical (unpaired) electrons. The van der Waals surface area contributed by atoms with Crippen LogP contribution in [-0.4, -0.2) is 56.8 Å². The SMILES string of the molecule is CN=C(NCCc1ccccc1F)NCCC1CCN(CC(F)(F)F)CC1. The zero-order valence-corrected chi connectivity index (χ0v) is 15.7. The second-order valence-corrected chi connectivity index (χ2v) is 6.89. The van der Waals surface area contributed by atoms with Gasteiger partial charge >= 0.3 is 6.18 Å². The predicted octanol–water partition coefficient (Wildman–Crippen LogP) is 3.20. The van der Waals surface area contributed by atoms with E-state index < -0.39 is 12.7 Å². The van der Waals surface area contributed by atoms with Crippen LogP contribution in [0.25, 0.3) is 0 Å². The van der Waals surface area contributed by atoms with E-state index >= 15 is 0 Å². The van der Waals surface area contributed by atoms with E-state index in [4.69, 9.17) is 0 Å². The number of halogens is 4. The number of likely N-dealkylation sites (tertiary alicyclic amines) is 1. The Morgan fingerprint density at radius 2 is 1.81 bits per heavy atom. The Morgan fingerprint density at radius 1 is 1.15 bits per heavy atom. The molecule has 2 N–H and O–H groups in total.